The van der Waals surface area contributed by atoms with Crippen molar-refractivity contribution in [3.05, 3.63) is 200 Å². The molecular weight excluding hydrogens is 683 g/mol. The predicted octanol–water partition coefficient (Wildman–Crippen LogP) is 13.8. The molecule has 0 aliphatic rings. The van der Waals surface area contributed by atoms with Crippen LogP contribution in [0, 0.1) is 0 Å². The molecule has 3 aromatic heterocycles. The Morgan fingerprint density at radius 3 is 1.54 bits per heavy atom. The summed E-state index contributed by atoms with van der Waals surface area (Å²) in [7, 11) is 0. The van der Waals surface area contributed by atoms with Crippen LogP contribution in [0.3, 0.4) is 0 Å². The van der Waals surface area contributed by atoms with Gasteiger partial charge < -0.3 is 8.98 Å². The molecule has 0 aliphatic heterocycles. The number of hydrogen-bond acceptors (Lipinski definition) is 3. The first-order valence-corrected chi connectivity index (χ1v) is 18.9. The lowest BCUT2D eigenvalue weighted by molar-refractivity contribution is 0.669. The van der Waals surface area contributed by atoms with Crippen molar-refractivity contribution < 1.29 is 4.42 Å². The van der Waals surface area contributed by atoms with Crippen LogP contribution in [0.1, 0.15) is 0 Å². The smallest absolute Gasteiger partial charge is 0.161 e. The highest BCUT2D eigenvalue weighted by Gasteiger charge is 2.20. The van der Waals surface area contributed by atoms with E-state index in [2.05, 4.69) is 180 Å². The molecule has 3 heterocycles. The summed E-state index contributed by atoms with van der Waals surface area (Å²) in [4.78, 5) is 10.7. The summed E-state index contributed by atoms with van der Waals surface area (Å²) >= 11 is 0. The third-order valence-electron chi connectivity index (χ3n) is 10.9. The molecule has 0 radical (unpaired) electrons. The fraction of sp³-hybridized carbons (Fsp3) is 0. The Labute approximate surface area is 323 Å². The molecule has 0 fully saturated rings. The van der Waals surface area contributed by atoms with E-state index in [1.807, 2.05) is 24.3 Å². The Hall–Kier alpha value is -7.56. The van der Waals surface area contributed by atoms with Crippen LogP contribution in [0.15, 0.2) is 205 Å². The molecule has 4 heteroatoms. The molecule has 0 bridgehead atoms. The van der Waals surface area contributed by atoms with Gasteiger partial charge in [-0.15, -0.1) is 0 Å². The van der Waals surface area contributed by atoms with Crippen molar-refractivity contribution in [1.82, 2.24) is 14.5 Å². The molecule has 0 N–H and O–H groups in total. The van der Waals surface area contributed by atoms with Gasteiger partial charge in [0.2, 0.25) is 0 Å². The molecule has 4 nitrogen and oxygen atoms in total. The zero-order valence-corrected chi connectivity index (χ0v) is 30.3. The maximum absolute atomic E-state index is 6.20. The summed E-state index contributed by atoms with van der Waals surface area (Å²) in [6, 6.07) is 70.3. The molecule has 8 aromatic carbocycles. The molecule has 0 aliphatic carbocycles. The standard InChI is InChI=1S/C52H33N3O/c1-3-12-34(13-4-1)36-22-26-38(27-23-36)45-33-46(39-28-24-37(25-29-39)35-14-5-2-6-15-35)54-52(53-45)43-18-11-20-48-51(43)42-17-7-9-19-47(42)55(48)40-30-31-50-44(32-40)41-16-8-10-21-49(41)56-50/h1-33H. The number of rotatable bonds is 6. The summed E-state index contributed by atoms with van der Waals surface area (Å²) in [6.07, 6.45) is 0. The van der Waals surface area contributed by atoms with E-state index in [9.17, 15) is 0 Å². The third kappa shape index (κ3) is 5.39. The van der Waals surface area contributed by atoms with Crippen molar-refractivity contribution in [2.45, 2.75) is 0 Å². The fourth-order valence-electron chi connectivity index (χ4n) is 8.13. The van der Waals surface area contributed by atoms with Gasteiger partial charge in [0.25, 0.3) is 0 Å². The van der Waals surface area contributed by atoms with Crippen LogP contribution in [-0.2, 0) is 0 Å². The first-order valence-electron chi connectivity index (χ1n) is 18.9. The largest absolute Gasteiger partial charge is 0.456 e. The maximum atomic E-state index is 6.20. The van der Waals surface area contributed by atoms with Crippen LogP contribution < -0.4 is 0 Å². The lowest BCUT2D eigenvalue weighted by Crippen LogP contribution is -1.97. The number of aromatic nitrogens is 3. The Morgan fingerprint density at radius 2 is 0.875 bits per heavy atom. The summed E-state index contributed by atoms with van der Waals surface area (Å²) in [6.45, 7) is 0. The Balaban J connectivity index is 1.10. The quantitative estimate of drug-likeness (QED) is 0.172. The van der Waals surface area contributed by atoms with E-state index in [0.29, 0.717) is 5.82 Å². The third-order valence-corrected chi connectivity index (χ3v) is 10.9. The van der Waals surface area contributed by atoms with Gasteiger partial charge in [-0.2, -0.15) is 0 Å². The van der Waals surface area contributed by atoms with Crippen molar-refractivity contribution >= 4 is 43.7 Å². The van der Waals surface area contributed by atoms with E-state index >= 15 is 0 Å². The Bertz CT molecular complexity index is 3110. The minimum atomic E-state index is 0.682. The number of benzene rings is 8. The molecule has 0 atom stereocenters. The lowest BCUT2D eigenvalue weighted by Gasteiger charge is -2.12. The van der Waals surface area contributed by atoms with Crippen LogP contribution in [0.4, 0.5) is 0 Å². The van der Waals surface area contributed by atoms with E-state index in [1.54, 1.807) is 0 Å². The molecule has 0 saturated heterocycles. The summed E-state index contributed by atoms with van der Waals surface area (Å²) in [5.74, 6) is 0.682. The van der Waals surface area contributed by atoms with Gasteiger partial charge >= 0.3 is 0 Å². The van der Waals surface area contributed by atoms with E-state index in [0.717, 1.165) is 77.5 Å². The summed E-state index contributed by atoms with van der Waals surface area (Å²) < 4.78 is 8.56. The summed E-state index contributed by atoms with van der Waals surface area (Å²) in [5, 5.41) is 4.46. The van der Waals surface area contributed by atoms with Crippen molar-refractivity contribution in [2.75, 3.05) is 0 Å². The number of hydrogen-bond donors (Lipinski definition) is 0. The van der Waals surface area contributed by atoms with E-state index in [1.165, 1.54) is 22.3 Å². The normalized spacial score (nSPS) is 11.6. The highest BCUT2D eigenvalue weighted by Crippen LogP contribution is 2.40. The summed E-state index contributed by atoms with van der Waals surface area (Å²) in [5.41, 5.74) is 14.5. The van der Waals surface area contributed by atoms with Gasteiger partial charge in [-0.1, -0.05) is 158 Å². The molecule has 0 amide bonds. The number of fused-ring (bicyclic) bond motifs is 6. The van der Waals surface area contributed by atoms with Gasteiger partial charge in [-0.25, -0.2) is 9.97 Å². The maximum Gasteiger partial charge on any atom is 0.161 e. The van der Waals surface area contributed by atoms with Crippen molar-refractivity contribution in [3.8, 4) is 61.8 Å². The van der Waals surface area contributed by atoms with Gasteiger partial charge in [-0.3, -0.25) is 0 Å². The van der Waals surface area contributed by atoms with Crippen LogP contribution in [0.2, 0.25) is 0 Å². The van der Waals surface area contributed by atoms with Gasteiger partial charge in [-0.05, 0) is 64.7 Å². The van der Waals surface area contributed by atoms with Crippen molar-refractivity contribution in [3.63, 3.8) is 0 Å². The molecular formula is C52H33N3O. The second-order valence-corrected chi connectivity index (χ2v) is 14.2. The first kappa shape index (κ1) is 31.9. The predicted molar refractivity (Wildman–Crippen MR) is 231 cm³/mol. The molecule has 0 unspecified atom stereocenters. The number of para-hydroxylation sites is 2. The zero-order chi connectivity index (χ0) is 37.0. The monoisotopic (exact) mass is 715 g/mol. The second kappa shape index (κ2) is 13.1. The van der Waals surface area contributed by atoms with Crippen LogP contribution in [0.25, 0.3) is 106 Å². The minimum absolute atomic E-state index is 0.682. The van der Waals surface area contributed by atoms with Gasteiger partial charge in [0.15, 0.2) is 5.82 Å². The first-order chi connectivity index (χ1) is 27.7. The van der Waals surface area contributed by atoms with E-state index in [-0.39, 0.29) is 0 Å². The highest BCUT2D eigenvalue weighted by molar-refractivity contribution is 6.15. The molecule has 11 aromatic rings. The molecule has 56 heavy (non-hydrogen) atoms. The molecule has 0 saturated carbocycles. The second-order valence-electron chi connectivity index (χ2n) is 14.2. The zero-order valence-electron chi connectivity index (χ0n) is 30.3. The molecule has 11 rings (SSSR count). The lowest BCUT2D eigenvalue weighted by atomic mass is 10.00. The van der Waals surface area contributed by atoms with Gasteiger partial charge in [0.1, 0.15) is 11.2 Å². The topological polar surface area (TPSA) is 43.9 Å². The average Bonchev–Trinajstić information content (AvgIpc) is 3.82. The van der Waals surface area contributed by atoms with Gasteiger partial charge in [0.05, 0.1) is 22.4 Å². The molecule has 262 valence electrons. The Morgan fingerprint density at radius 1 is 0.357 bits per heavy atom. The van der Waals surface area contributed by atoms with Crippen LogP contribution in [0.5, 0.6) is 0 Å². The van der Waals surface area contributed by atoms with Crippen molar-refractivity contribution in [2.24, 2.45) is 0 Å². The van der Waals surface area contributed by atoms with E-state index in [4.69, 9.17) is 14.4 Å². The van der Waals surface area contributed by atoms with Crippen LogP contribution >= 0.6 is 0 Å². The SMILES string of the molecule is c1ccc(-c2ccc(-c3cc(-c4ccc(-c5ccccc5)cc4)nc(-c4cccc5c4c4ccccc4n5-c4ccc5oc6ccccc6c5c4)n3)cc2)cc1. The van der Waals surface area contributed by atoms with Crippen molar-refractivity contribution in [1.29, 1.82) is 0 Å². The Kier molecular flexibility index (Phi) is 7.46. The number of nitrogens with zero attached hydrogens (tertiary/aromatic N) is 3. The molecule has 0 spiro atoms. The minimum Gasteiger partial charge on any atom is -0.456 e. The fourth-order valence-corrected chi connectivity index (χ4v) is 8.13. The number of furan rings is 1. The highest BCUT2D eigenvalue weighted by atomic mass is 16.3. The van der Waals surface area contributed by atoms with Crippen LogP contribution in [-0.4, -0.2) is 14.5 Å². The van der Waals surface area contributed by atoms with E-state index < -0.39 is 0 Å². The van der Waals surface area contributed by atoms with Gasteiger partial charge in [0, 0.05) is 43.9 Å². The average molecular weight is 716 g/mol.